The van der Waals surface area contributed by atoms with E-state index < -0.39 is 46.0 Å². The van der Waals surface area contributed by atoms with Crippen molar-refractivity contribution in [1.29, 1.82) is 0 Å². The van der Waals surface area contributed by atoms with Crippen molar-refractivity contribution in [3.05, 3.63) is 39.9 Å². The molecular formula is C22H20O9. The van der Waals surface area contributed by atoms with Gasteiger partial charge in [0.15, 0.2) is 23.1 Å². The van der Waals surface area contributed by atoms with Gasteiger partial charge in [0.2, 0.25) is 0 Å². The van der Waals surface area contributed by atoms with Crippen molar-refractivity contribution in [2.75, 3.05) is 0 Å². The topological polar surface area (TPSA) is 133 Å². The summed E-state index contributed by atoms with van der Waals surface area (Å²) in [6, 6.07) is 0. The number of benzene rings is 1. The summed E-state index contributed by atoms with van der Waals surface area (Å²) < 4.78 is 16.4. The molecule has 0 spiro atoms. The van der Waals surface area contributed by atoms with Crippen LogP contribution in [0, 0.1) is 6.92 Å². The van der Waals surface area contributed by atoms with Crippen molar-refractivity contribution in [2.24, 2.45) is 0 Å². The molecule has 2 aliphatic rings. The van der Waals surface area contributed by atoms with Gasteiger partial charge in [-0.2, -0.15) is 0 Å². The van der Waals surface area contributed by atoms with Crippen molar-refractivity contribution in [1.82, 2.24) is 0 Å². The number of esters is 2. The molecular weight excluding hydrogens is 408 g/mol. The quantitative estimate of drug-likeness (QED) is 0.332. The average molecular weight is 428 g/mol. The predicted molar refractivity (Wildman–Crippen MR) is 105 cm³/mol. The Labute approximate surface area is 177 Å². The minimum absolute atomic E-state index is 0.0313. The lowest BCUT2D eigenvalue weighted by Gasteiger charge is -2.28. The zero-order valence-electron chi connectivity index (χ0n) is 17.8. The minimum atomic E-state index is -1.67. The number of carbonyl (C=O) groups excluding carboxylic acids is 5. The van der Waals surface area contributed by atoms with E-state index in [1.807, 2.05) is 0 Å². The van der Waals surface area contributed by atoms with Gasteiger partial charge in [-0.25, -0.2) is 0 Å². The molecule has 9 heteroatoms. The zero-order chi connectivity index (χ0) is 23.4. The molecule has 0 saturated carbocycles. The molecule has 0 aromatic heterocycles. The monoisotopic (exact) mass is 428 g/mol. The summed E-state index contributed by atoms with van der Waals surface area (Å²) in [5.74, 6) is -4.54. The standard InChI is InChI=1S/C22H20O9/c1-8-18(29-11(4)25)16(10(3)24)20-17(19(8)30-12(5)26)22(6)14(31-20)7-13(27)15(9(2)23)21(22)28/h7,27H,1-6H3/t22-/m1/s1. The summed E-state index contributed by atoms with van der Waals surface area (Å²) in [6.07, 6.45) is 1.11. The highest BCUT2D eigenvalue weighted by molar-refractivity contribution is 6.26. The van der Waals surface area contributed by atoms with Crippen molar-refractivity contribution in [2.45, 2.75) is 47.0 Å². The first-order valence-electron chi connectivity index (χ1n) is 9.30. The first-order valence-corrected chi connectivity index (χ1v) is 9.30. The maximum Gasteiger partial charge on any atom is 0.308 e. The largest absolute Gasteiger partial charge is 0.507 e. The first kappa shape index (κ1) is 21.9. The summed E-state index contributed by atoms with van der Waals surface area (Å²) >= 11 is 0. The first-order chi connectivity index (χ1) is 14.3. The second-order valence-corrected chi connectivity index (χ2v) is 7.49. The van der Waals surface area contributed by atoms with Crippen molar-refractivity contribution < 1.29 is 43.3 Å². The van der Waals surface area contributed by atoms with Gasteiger partial charge in [-0.05, 0) is 27.7 Å². The van der Waals surface area contributed by atoms with Gasteiger partial charge in [0.25, 0.3) is 0 Å². The normalized spacial score (nSPS) is 19.2. The molecule has 9 nitrogen and oxygen atoms in total. The van der Waals surface area contributed by atoms with E-state index >= 15 is 0 Å². The van der Waals surface area contributed by atoms with Crippen LogP contribution in [0.15, 0.2) is 23.2 Å². The smallest absolute Gasteiger partial charge is 0.308 e. The number of allylic oxidation sites excluding steroid dienone is 3. The molecule has 1 N–H and O–H groups in total. The third-order valence-corrected chi connectivity index (χ3v) is 5.20. The van der Waals surface area contributed by atoms with E-state index in [9.17, 15) is 29.1 Å². The van der Waals surface area contributed by atoms with Gasteiger partial charge < -0.3 is 19.3 Å². The fourth-order valence-electron chi connectivity index (χ4n) is 3.87. The highest BCUT2D eigenvalue weighted by Crippen LogP contribution is 2.58. The summed E-state index contributed by atoms with van der Waals surface area (Å²) in [5.41, 5.74) is -2.09. The molecule has 0 amide bonds. The third kappa shape index (κ3) is 3.13. The Balaban J connectivity index is 2.47. The summed E-state index contributed by atoms with van der Waals surface area (Å²) in [6.45, 7) is 7.52. The number of carbonyl (C=O) groups is 5. The molecule has 162 valence electrons. The van der Waals surface area contributed by atoms with Crippen LogP contribution in [-0.2, 0) is 24.6 Å². The molecule has 3 rings (SSSR count). The number of Topliss-reactive ketones (excluding diaryl/α,β-unsaturated/α-hetero) is 3. The summed E-state index contributed by atoms with van der Waals surface area (Å²) in [7, 11) is 0. The maximum atomic E-state index is 13.4. The molecule has 1 aliphatic heterocycles. The van der Waals surface area contributed by atoms with Crippen LogP contribution in [0.2, 0.25) is 0 Å². The molecule has 0 saturated heterocycles. The second kappa shape index (κ2) is 7.19. The molecule has 0 bridgehead atoms. The van der Waals surface area contributed by atoms with E-state index in [0.717, 1.165) is 26.8 Å². The molecule has 1 aromatic rings. The Morgan fingerprint density at radius 2 is 1.52 bits per heavy atom. The van der Waals surface area contributed by atoms with E-state index in [1.54, 1.807) is 0 Å². The number of fused-ring (bicyclic) bond motifs is 3. The van der Waals surface area contributed by atoms with E-state index in [-0.39, 0.29) is 39.7 Å². The van der Waals surface area contributed by atoms with Crippen LogP contribution in [0.4, 0.5) is 0 Å². The number of rotatable bonds is 4. The number of ether oxygens (including phenoxy) is 3. The molecule has 0 fully saturated rings. The Bertz CT molecular complexity index is 1170. The SMILES string of the molecule is CC(=O)Oc1c(C)c(OC(C)=O)c2c(c1C(C)=O)OC1=CC(O)=C(C(C)=O)C(=O)[C@]12C. The fourth-order valence-corrected chi connectivity index (χ4v) is 3.87. The van der Waals surface area contributed by atoms with Crippen molar-refractivity contribution in [3.63, 3.8) is 0 Å². The maximum absolute atomic E-state index is 13.4. The fraction of sp³-hybridized carbons (Fsp3) is 0.318. The Morgan fingerprint density at radius 3 is 2.00 bits per heavy atom. The number of aliphatic hydroxyl groups excluding tert-OH is 1. The number of ketones is 3. The van der Waals surface area contributed by atoms with Crippen molar-refractivity contribution >= 4 is 29.3 Å². The predicted octanol–water partition coefficient (Wildman–Crippen LogP) is 2.57. The van der Waals surface area contributed by atoms with E-state index in [1.165, 1.54) is 20.8 Å². The Kier molecular flexibility index (Phi) is 5.09. The van der Waals surface area contributed by atoms with Crippen LogP contribution in [0.3, 0.4) is 0 Å². The lowest BCUT2D eigenvalue weighted by Crippen LogP contribution is -2.39. The minimum Gasteiger partial charge on any atom is -0.507 e. The van der Waals surface area contributed by atoms with Gasteiger partial charge in [-0.15, -0.1) is 0 Å². The molecule has 0 unspecified atom stereocenters. The Morgan fingerprint density at radius 1 is 0.968 bits per heavy atom. The number of hydrogen-bond donors (Lipinski definition) is 1. The van der Waals surface area contributed by atoms with Gasteiger partial charge in [-0.1, -0.05) is 0 Å². The molecule has 31 heavy (non-hydrogen) atoms. The Hall–Kier alpha value is -3.75. The summed E-state index contributed by atoms with van der Waals surface area (Å²) in [4.78, 5) is 61.5. The van der Waals surface area contributed by atoms with Gasteiger partial charge in [-0.3, -0.25) is 24.0 Å². The van der Waals surface area contributed by atoms with Gasteiger partial charge in [0, 0.05) is 25.5 Å². The molecule has 1 aromatic carbocycles. The van der Waals surface area contributed by atoms with Crippen molar-refractivity contribution in [3.8, 4) is 17.2 Å². The lowest BCUT2D eigenvalue weighted by atomic mass is 9.70. The van der Waals surface area contributed by atoms with Crippen LogP contribution in [0.1, 0.15) is 56.1 Å². The van der Waals surface area contributed by atoms with Crippen LogP contribution in [0.25, 0.3) is 0 Å². The summed E-state index contributed by atoms with van der Waals surface area (Å²) in [5, 5.41) is 10.2. The van der Waals surface area contributed by atoms with E-state index in [0.29, 0.717) is 0 Å². The van der Waals surface area contributed by atoms with Gasteiger partial charge >= 0.3 is 11.9 Å². The lowest BCUT2D eigenvalue weighted by molar-refractivity contribution is -0.132. The van der Waals surface area contributed by atoms with Crippen LogP contribution in [-0.4, -0.2) is 34.4 Å². The molecule has 1 aliphatic carbocycles. The van der Waals surface area contributed by atoms with Crippen LogP contribution in [0.5, 0.6) is 17.2 Å². The van der Waals surface area contributed by atoms with Crippen LogP contribution < -0.4 is 14.2 Å². The number of aliphatic hydroxyl groups is 1. The van der Waals surface area contributed by atoms with E-state index in [4.69, 9.17) is 14.2 Å². The molecule has 0 radical (unpaired) electrons. The zero-order valence-corrected chi connectivity index (χ0v) is 17.8. The average Bonchev–Trinajstić information content (AvgIpc) is 2.90. The van der Waals surface area contributed by atoms with Gasteiger partial charge in [0.05, 0.1) is 5.56 Å². The van der Waals surface area contributed by atoms with Crippen LogP contribution >= 0.6 is 0 Å². The number of hydrogen-bond acceptors (Lipinski definition) is 9. The molecule has 1 atom stereocenters. The highest BCUT2D eigenvalue weighted by atomic mass is 16.6. The molecule has 1 heterocycles. The van der Waals surface area contributed by atoms with Gasteiger partial charge in [0.1, 0.15) is 39.6 Å². The van der Waals surface area contributed by atoms with E-state index in [2.05, 4.69) is 0 Å². The highest BCUT2D eigenvalue weighted by Gasteiger charge is 2.56. The second-order valence-electron chi connectivity index (χ2n) is 7.49. The third-order valence-electron chi connectivity index (χ3n) is 5.20.